The van der Waals surface area contributed by atoms with Crippen molar-refractivity contribution in [1.29, 1.82) is 0 Å². The number of rotatable bonds is 7. The van der Waals surface area contributed by atoms with Crippen molar-refractivity contribution in [3.8, 4) is 17.2 Å². The molecule has 0 spiro atoms. The maximum Gasteiger partial charge on any atom is 0.255 e. The number of hydrogen-bond donors (Lipinski definition) is 1. The van der Waals surface area contributed by atoms with E-state index in [0.717, 1.165) is 12.2 Å². The number of hydrogen-bond acceptors (Lipinski definition) is 4. The molecule has 0 aliphatic rings. The highest BCUT2D eigenvalue weighted by molar-refractivity contribution is 6.04. The van der Waals surface area contributed by atoms with Crippen molar-refractivity contribution in [2.45, 2.75) is 13.3 Å². The van der Waals surface area contributed by atoms with Crippen molar-refractivity contribution >= 4 is 11.6 Å². The van der Waals surface area contributed by atoms with Crippen LogP contribution in [0.5, 0.6) is 17.2 Å². The molecule has 0 saturated heterocycles. The monoisotopic (exact) mass is 315 g/mol. The molecule has 1 N–H and O–H groups in total. The highest BCUT2D eigenvalue weighted by Crippen LogP contribution is 2.28. The fraction of sp³-hybridized carbons (Fsp3) is 0.278. The predicted molar refractivity (Wildman–Crippen MR) is 89.7 cm³/mol. The van der Waals surface area contributed by atoms with E-state index in [1.807, 2.05) is 6.92 Å². The largest absolute Gasteiger partial charge is 0.497 e. The summed E-state index contributed by atoms with van der Waals surface area (Å²) < 4.78 is 16.0. The highest BCUT2D eigenvalue weighted by atomic mass is 16.5. The van der Waals surface area contributed by atoms with E-state index in [0.29, 0.717) is 29.4 Å². The third-order valence-corrected chi connectivity index (χ3v) is 3.24. The third-order valence-electron chi connectivity index (χ3n) is 3.24. The van der Waals surface area contributed by atoms with E-state index in [1.54, 1.807) is 56.7 Å². The van der Waals surface area contributed by atoms with Crippen LogP contribution in [0.1, 0.15) is 23.7 Å². The summed E-state index contributed by atoms with van der Waals surface area (Å²) in [6, 6.07) is 12.3. The zero-order valence-corrected chi connectivity index (χ0v) is 13.6. The van der Waals surface area contributed by atoms with Crippen LogP contribution in [0, 0.1) is 0 Å². The van der Waals surface area contributed by atoms with Gasteiger partial charge in [0.15, 0.2) is 11.5 Å². The van der Waals surface area contributed by atoms with Crippen molar-refractivity contribution in [3.05, 3.63) is 48.0 Å². The Morgan fingerprint density at radius 3 is 2.35 bits per heavy atom. The summed E-state index contributed by atoms with van der Waals surface area (Å²) in [5, 5.41) is 2.83. The molecule has 0 saturated carbocycles. The SMILES string of the molecule is CCCOc1ccc(C(=O)Nc2ccc(OC)cc2)cc1OC. The van der Waals surface area contributed by atoms with Crippen molar-refractivity contribution in [2.75, 3.05) is 26.1 Å². The van der Waals surface area contributed by atoms with Crippen LogP contribution in [0.2, 0.25) is 0 Å². The summed E-state index contributed by atoms with van der Waals surface area (Å²) in [6.45, 7) is 2.64. The van der Waals surface area contributed by atoms with E-state index in [9.17, 15) is 4.79 Å². The van der Waals surface area contributed by atoms with Crippen molar-refractivity contribution in [2.24, 2.45) is 0 Å². The van der Waals surface area contributed by atoms with E-state index >= 15 is 0 Å². The number of methoxy groups -OCH3 is 2. The molecule has 1 amide bonds. The minimum Gasteiger partial charge on any atom is -0.497 e. The zero-order valence-electron chi connectivity index (χ0n) is 13.6. The molecule has 0 aliphatic heterocycles. The smallest absolute Gasteiger partial charge is 0.255 e. The van der Waals surface area contributed by atoms with Gasteiger partial charge in [0.25, 0.3) is 5.91 Å². The second kappa shape index (κ2) is 8.08. The van der Waals surface area contributed by atoms with Crippen molar-refractivity contribution in [1.82, 2.24) is 0 Å². The first-order valence-corrected chi connectivity index (χ1v) is 7.44. The Bertz CT molecular complexity index is 653. The first-order valence-electron chi connectivity index (χ1n) is 7.44. The number of carbonyl (C=O) groups excluding carboxylic acids is 1. The van der Waals surface area contributed by atoms with Gasteiger partial charge in [-0.3, -0.25) is 4.79 Å². The summed E-state index contributed by atoms with van der Waals surface area (Å²) in [7, 11) is 3.15. The van der Waals surface area contributed by atoms with Crippen LogP contribution in [0.15, 0.2) is 42.5 Å². The lowest BCUT2D eigenvalue weighted by Crippen LogP contribution is -2.12. The number of carbonyl (C=O) groups is 1. The minimum absolute atomic E-state index is 0.212. The Balaban J connectivity index is 2.11. The van der Waals surface area contributed by atoms with Gasteiger partial charge >= 0.3 is 0 Å². The molecular formula is C18H21NO4. The average molecular weight is 315 g/mol. The first kappa shape index (κ1) is 16.7. The maximum absolute atomic E-state index is 12.3. The summed E-state index contributed by atoms with van der Waals surface area (Å²) in [4.78, 5) is 12.3. The Hall–Kier alpha value is -2.69. The van der Waals surface area contributed by atoms with Crippen molar-refractivity contribution < 1.29 is 19.0 Å². The van der Waals surface area contributed by atoms with Crippen molar-refractivity contribution in [3.63, 3.8) is 0 Å². The highest BCUT2D eigenvalue weighted by Gasteiger charge is 2.11. The fourth-order valence-electron chi connectivity index (χ4n) is 2.02. The molecule has 0 fully saturated rings. The molecule has 5 heteroatoms. The standard InChI is InChI=1S/C18H21NO4/c1-4-11-23-16-10-5-13(12-17(16)22-3)18(20)19-14-6-8-15(21-2)9-7-14/h5-10,12H,4,11H2,1-3H3,(H,19,20). The molecule has 2 rings (SSSR count). The lowest BCUT2D eigenvalue weighted by atomic mass is 10.2. The minimum atomic E-state index is -0.212. The predicted octanol–water partition coefficient (Wildman–Crippen LogP) is 3.74. The summed E-state index contributed by atoms with van der Waals surface area (Å²) in [5.41, 5.74) is 1.20. The Morgan fingerprint density at radius 2 is 1.74 bits per heavy atom. The van der Waals surface area contributed by atoms with E-state index in [-0.39, 0.29) is 5.91 Å². The van der Waals surface area contributed by atoms with Gasteiger partial charge in [-0.2, -0.15) is 0 Å². The van der Waals surface area contributed by atoms with E-state index in [4.69, 9.17) is 14.2 Å². The Kier molecular flexibility index (Phi) is 5.86. The molecule has 0 aromatic heterocycles. The van der Waals surface area contributed by atoms with Crippen LogP contribution in [0.4, 0.5) is 5.69 Å². The van der Waals surface area contributed by atoms with Crippen LogP contribution >= 0.6 is 0 Å². The molecular weight excluding hydrogens is 294 g/mol. The van der Waals surface area contributed by atoms with Crippen LogP contribution < -0.4 is 19.5 Å². The van der Waals surface area contributed by atoms with Gasteiger partial charge in [-0.1, -0.05) is 6.92 Å². The van der Waals surface area contributed by atoms with Gasteiger partial charge in [-0.05, 0) is 48.9 Å². The Morgan fingerprint density at radius 1 is 1.00 bits per heavy atom. The van der Waals surface area contributed by atoms with Gasteiger partial charge in [0, 0.05) is 11.3 Å². The zero-order chi connectivity index (χ0) is 16.7. The lowest BCUT2D eigenvalue weighted by molar-refractivity contribution is 0.102. The van der Waals surface area contributed by atoms with E-state index in [1.165, 1.54) is 0 Å². The first-order chi connectivity index (χ1) is 11.2. The average Bonchev–Trinajstić information content (AvgIpc) is 2.60. The van der Waals surface area contributed by atoms with Gasteiger partial charge in [0.1, 0.15) is 5.75 Å². The summed E-state index contributed by atoms with van der Waals surface area (Å²) in [5.74, 6) is 1.70. The third kappa shape index (κ3) is 4.39. The second-order valence-corrected chi connectivity index (χ2v) is 4.90. The molecule has 0 bridgehead atoms. The normalized spacial score (nSPS) is 10.0. The van der Waals surface area contributed by atoms with Gasteiger partial charge in [-0.15, -0.1) is 0 Å². The van der Waals surface area contributed by atoms with Crippen LogP contribution in [0.25, 0.3) is 0 Å². The molecule has 122 valence electrons. The number of amides is 1. The molecule has 2 aromatic rings. The molecule has 5 nitrogen and oxygen atoms in total. The summed E-state index contributed by atoms with van der Waals surface area (Å²) >= 11 is 0. The van der Waals surface area contributed by atoms with Crippen LogP contribution in [-0.2, 0) is 0 Å². The fourth-order valence-corrected chi connectivity index (χ4v) is 2.02. The van der Waals surface area contributed by atoms with Crippen LogP contribution in [-0.4, -0.2) is 26.7 Å². The van der Waals surface area contributed by atoms with Gasteiger partial charge < -0.3 is 19.5 Å². The van der Waals surface area contributed by atoms with Gasteiger partial charge in [0.2, 0.25) is 0 Å². The van der Waals surface area contributed by atoms with Gasteiger partial charge in [0.05, 0.1) is 20.8 Å². The molecule has 0 unspecified atom stereocenters. The molecule has 2 aromatic carbocycles. The lowest BCUT2D eigenvalue weighted by Gasteiger charge is -2.12. The van der Waals surface area contributed by atoms with Crippen LogP contribution in [0.3, 0.4) is 0 Å². The van der Waals surface area contributed by atoms with Gasteiger partial charge in [-0.25, -0.2) is 0 Å². The maximum atomic E-state index is 12.3. The molecule has 0 atom stereocenters. The van der Waals surface area contributed by atoms with E-state index < -0.39 is 0 Å². The second-order valence-electron chi connectivity index (χ2n) is 4.90. The molecule has 0 heterocycles. The summed E-state index contributed by atoms with van der Waals surface area (Å²) in [6.07, 6.45) is 0.906. The molecule has 23 heavy (non-hydrogen) atoms. The van der Waals surface area contributed by atoms with E-state index in [2.05, 4.69) is 5.32 Å². The number of anilines is 1. The molecule has 0 aliphatic carbocycles. The topological polar surface area (TPSA) is 56.8 Å². The number of ether oxygens (including phenoxy) is 3. The molecule has 0 radical (unpaired) electrons. The number of benzene rings is 2. The number of nitrogens with one attached hydrogen (secondary N) is 1. The quantitative estimate of drug-likeness (QED) is 0.845. The Labute approximate surface area is 136 Å².